The number of anilines is 1. The van der Waals surface area contributed by atoms with Crippen molar-refractivity contribution in [2.24, 2.45) is 5.92 Å². The number of H-pyrrole nitrogens is 1. The summed E-state index contributed by atoms with van der Waals surface area (Å²) in [6, 6.07) is -0.754. The highest BCUT2D eigenvalue weighted by Crippen LogP contribution is 2.28. The van der Waals surface area contributed by atoms with E-state index in [4.69, 9.17) is 5.11 Å². The molecule has 21 heavy (non-hydrogen) atoms. The van der Waals surface area contributed by atoms with Crippen LogP contribution in [0.15, 0.2) is 12.4 Å². The first kappa shape index (κ1) is 13.6. The number of amides is 2. The summed E-state index contributed by atoms with van der Waals surface area (Å²) in [6.07, 6.45) is 4.41. The minimum atomic E-state index is -0.975. The molecule has 8 nitrogen and oxygen atoms in total. The maximum atomic E-state index is 12.5. The molecule has 0 spiro atoms. The van der Waals surface area contributed by atoms with Crippen LogP contribution < -0.4 is 4.90 Å². The Kier molecular flexibility index (Phi) is 3.36. The minimum absolute atomic E-state index is 0.118. The highest BCUT2D eigenvalue weighted by atomic mass is 16.4. The van der Waals surface area contributed by atoms with E-state index < -0.39 is 17.9 Å². The van der Waals surface area contributed by atoms with Gasteiger partial charge in [-0.05, 0) is 12.8 Å². The van der Waals surface area contributed by atoms with E-state index in [1.165, 1.54) is 16.0 Å². The third-order valence-electron chi connectivity index (χ3n) is 4.09. The number of likely N-dealkylation sites (tertiary alicyclic amines) is 1. The van der Waals surface area contributed by atoms with Gasteiger partial charge in [0.25, 0.3) is 0 Å². The number of aromatic nitrogens is 2. The Morgan fingerprint density at radius 1 is 1.43 bits per heavy atom. The second-order valence-electron chi connectivity index (χ2n) is 5.39. The Bertz CT molecular complexity index is 571. The fraction of sp³-hybridized carbons (Fsp3) is 0.538. The first-order chi connectivity index (χ1) is 10.1. The number of carboxylic acid groups (broad SMARTS) is 1. The van der Waals surface area contributed by atoms with Crippen LogP contribution in [-0.4, -0.2) is 57.1 Å². The quantitative estimate of drug-likeness (QED) is 0.805. The van der Waals surface area contributed by atoms with Crippen molar-refractivity contribution in [3.05, 3.63) is 12.4 Å². The minimum Gasteiger partial charge on any atom is -0.480 e. The van der Waals surface area contributed by atoms with Crippen LogP contribution in [0.2, 0.25) is 0 Å². The summed E-state index contributed by atoms with van der Waals surface area (Å²) in [6.45, 7) is 0.728. The summed E-state index contributed by atoms with van der Waals surface area (Å²) in [5, 5.41) is 15.6. The molecule has 3 heterocycles. The van der Waals surface area contributed by atoms with Crippen LogP contribution in [0.5, 0.6) is 0 Å². The molecule has 1 aromatic heterocycles. The van der Waals surface area contributed by atoms with E-state index in [0.29, 0.717) is 25.1 Å². The maximum Gasteiger partial charge on any atom is 0.326 e. The molecular formula is C13H16N4O4. The summed E-state index contributed by atoms with van der Waals surface area (Å²) >= 11 is 0. The molecule has 1 aromatic rings. The Morgan fingerprint density at radius 2 is 2.24 bits per heavy atom. The van der Waals surface area contributed by atoms with Gasteiger partial charge in [-0.25, -0.2) is 4.79 Å². The van der Waals surface area contributed by atoms with Crippen molar-refractivity contribution in [2.45, 2.75) is 25.3 Å². The van der Waals surface area contributed by atoms with Crippen molar-refractivity contribution >= 4 is 23.5 Å². The van der Waals surface area contributed by atoms with Crippen molar-refractivity contribution in [3.63, 3.8) is 0 Å². The topological polar surface area (TPSA) is 107 Å². The van der Waals surface area contributed by atoms with Gasteiger partial charge in [0.05, 0.1) is 17.8 Å². The monoisotopic (exact) mass is 292 g/mol. The number of carbonyl (C=O) groups is 3. The Morgan fingerprint density at radius 3 is 2.90 bits per heavy atom. The first-order valence-corrected chi connectivity index (χ1v) is 6.90. The average Bonchev–Trinajstić information content (AvgIpc) is 3.17. The molecule has 112 valence electrons. The second kappa shape index (κ2) is 5.19. The molecule has 2 atom stereocenters. The van der Waals surface area contributed by atoms with Gasteiger partial charge < -0.3 is 14.9 Å². The molecule has 0 aromatic carbocycles. The van der Waals surface area contributed by atoms with Gasteiger partial charge in [0, 0.05) is 25.7 Å². The lowest BCUT2D eigenvalue weighted by atomic mass is 10.1. The fourth-order valence-corrected chi connectivity index (χ4v) is 3.04. The fourth-order valence-electron chi connectivity index (χ4n) is 3.04. The van der Waals surface area contributed by atoms with Gasteiger partial charge in [0.15, 0.2) is 0 Å². The summed E-state index contributed by atoms with van der Waals surface area (Å²) < 4.78 is 0. The molecule has 2 fully saturated rings. The number of nitrogens with zero attached hydrogens (tertiary/aromatic N) is 3. The van der Waals surface area contributed by atoms with Gasteiger partial charge in [-0.2, -0.15) is 5.10 Å². The van der Waals surface area contributed by atoms with Gasteiger partial charge in [-0.15, -0.1) is 0 Å². The summed E-state index contributed by atoms with van der Waals surface area (Å²) in [5.41, 5.74) is 0.631. The molecular weight excluding hydrogens is 276 g/mol. The number of aromatic amines is 1. The lowest BCUT2D eigenvalue weighted by Crippen LogP contribution is -2.44. The summed E-state index contributed by atoms with van der Waals surface area (Å²) in [7, 11) is 0. The van der Waals surface area contributed by atoms with Crippen molar-refractivity contribution < 1.29 is 19.5 Å². The Hall–Kier alpha value is -2.38. The zero-order valence-corrected chi connectivity index (χ0v) is 11.4. The molecule has 1 unspecified atom stereocenters. The van der Waals surface area contributed by atoms with E-state index in [1.807, 2.05) is 0 Å². The lowest BCUT2D eigenvalue weighted by molar-refractivity contribution is -0.149. The van der Waals surface area contributed by atoms with E-state index in [9.17, 15) is 14.4 Å². The van der Waals surface area contributed by atoms with Crippen LogP contribution in [0, 0.1) is 5.92 Å². The molecule has 0 aliphatic carbocycles. The Balaban J connectivity index is 1.72. The predicted octanol–water partition coefficient (Wildman–Crippen LogP) is -0.162. The number of rotatable bonds is 3. The van der Waals surface area contributed by atoms with Crippen molar-refractivity contribution in [1.82, 2.24) is 15.1 Å². The highest BCUT2D eigenvalue weighted by Gasteiger charge is 2.42. The van der Waals surface area contributed by atoms with Crippen LogP contribution in [0.25, 0.3) is 0 Å². The van der Waals surface area contributed by atoms with Crippen LogP contribution in [0.3, 0.4) is 0 Å². The van der Waals surface area contributed by atoms with E-state index in [-0.39, 0.29) is 24.8 Å². The van der Waals surface area contributed by atoms with E-state index in [0.717, 1.165) is 0 Å². The van der Waals surface area contributed by atoms with Gasteiger partial charge in [0.2, 0.25) is 11.8 Å². The zero-order chi connectivity index (χ0) is 15.0. The molecule has 2 aliphatic rings. The molecule has 2 amide bonds. The molecule has 2 N–H and O–H groups in total. The van der Waals surface area contributed by atoms with E-state index in [2.05, 4.69) is 10.2 Å². The third-order valence-corrected chi connectivity index (χ3v) is 4.09. The van der Waals surface area contributed by atoms with Crippen molar-refractivity contribution in [2.75, 3.05) is 18.0 Å². The van der Waals surface area contributed by atoms with Crippen molar-refractivity contribution in [3.8, 4) is 0 Å². The number of aliphatic carboxylic acids is 1. The van der Waals surface area contributed by atoms with Crippen LogP contribution in [-0.2, 0) is 14.4 Å². The first-order valence-electron chi connectivity index (χ1n) is 6.90. The molecule has 0 bridgehead atoms. The standard InChI is InChI=1S/C13H16N4O4/c18-11-4-8(7-17(11)9-5-14-15-6-9)12(19)16-3-1-2-10(16)13(20)21/h5-6,8,10H,1-4,7H2,(H,14,15)(H,20,21)/t8?,10-/m1/s1. The average molecular weight is 292 g/mol. The molecule has 2 saturated heterocycles. The SMILES string of the molecule is O=C(O)[C@H]1CCCN1C(=O)C1CC(=O)N(c2cn[nH]c2)C1. The predicted molar refractivity (Wildman–Crippen MR) is 71.4 cm³/mol. The van der Waals surface area contributed by atoms with Crippen LogP contribution in [0.1, 0.15) is 19.3 Å². The van der Waals surface area contributed by atoms with Gasteiger partial charge in [-0.1, -0.05) is 0 Å². The van der Waals surface area contributed by atoms with Gasteiger partial charge in [0.1, 0.15) is 6.04 Å². The number of carboxylic acids is 1. The summed E-state index contributed by atoms with van der Waals surface area (Å²) in [5.74, 6) is -1.83. The highest BCUT2D eigenvalue weighted by molar-refractivity contribution is 6.00. The molecule has 0 radical (unpaired) electrons. The third kappa shape index (κ3) is 2.37. The number of hydrogen-bond donors (Lipinski definition) is 2. The Labute approximate surface area is 120 Å². The van der Waals surface area contributed by atoms with Crippen LogP contribution >= 0.6 is 0 Å². The molecule has 3 rings (SSSR count). The molecule has 0 saturated carbocycles. The van der Waals surface area contributed by atoms with Crippen molar-refractivity contribution in [1.29, 1.82) is 0 Å². The van der Waals surface area contributed by atoms with E-state index >= 15 is 0 Å². The molecule has 2 aliphatic heterocycles. The van der Waals surface area contributed by atoms with E-state index in [1.54, 1.807) is 6.20 Å². The normalized spacial score (nSPS) is 25.6. The number of nitrogens with one attached hydrogen (secondary N) is 1. The summed E-state index contributed by atoms with van der Waals surface area (Å²) in [4.78, 5) is 38.6. The maximum absolute atomic E-state index is 12.5. The van der Waals surface area contributed by atoms with Gasteiger partial charge >= 0.3 is 5.97 Å². The lowest BCUT2D eigenvalue weighted by Gasteiger charge is -2.24. The van der Waals surface area contributed by atoms with Gasteiger partial charge in [-0.3, -0.25) is 14.7 Å². The second-order valence-corrected chi connectivity index (χ2v) is 5.39. The molecule has 8 heteroatoms. The number of carbonyl (C=O) groups excluding carboxylic acids is 2. The number of hydrogen-bond acceptors (Lipinski definition) is 4. The zero-order valence-electron chi connectivity index (χ0n) is 11.4. The largest absolute Gasteiger partial charge is 0.480 e. The van der Waals surface area contributed by atoms with Crippen LogP contribution in [0.4, 0.5) is 5.69 Å². The smallest absolute Gasteiger partial charge is 0.326 e.